The number of carbonyl (C=O) groups is 3. The Labute approximate surface area is 215 Å². The molecule has 36 heavy (non-hydrogen) atoms. The molecule has 0 bridgehead atoms. The molecule has 1 saturated heterocycles. The molecule has 7 nitrogen and oxygen atoms in total. The maximum Gasteiger partial charge on any atom is 0.261 e. The normalized spacial score (nSPS) is 15.8. The number of benzene rings is 2. The van der Waals surface area contributed by atoms with Gasteiger partial charge >= 0.3 is 0 Å². The Bertz CT molecular complexity index is 1190. The van der Waals surface area contributed by atoms with Gasteiger partial charge < -0.3 is 15.4 Å². The third kappa shape index (κ3) is 6.19. The van der Waals surface area contributed by atoms with Crippen LogP contribution in [0.5, 0.6) is 0 Å². The highest BCUT2D eigenvalue weighted by Crippen LogP contribution is 2.30. The number of thiophene rings is 1. The van der Waals surface area contributed by atoms with Crippen LogP contribution >= 0.6 is 11.3 Å². The maximum atomic E-state index is 13.7. The molecule has 3 amide bonds. The Morgan fingerprint density at radius 2 is 1.83 bits per heavy atom. The Morgan fingerprint density at radius 3 is 2.50 bits per heavy atom. The summed E-state index contributed by atoms with van der Waals surface area (Å²) in [5.74, 6) is -1.00. The fourth-order valence-corrected chi connectivity index (χ4v) is 4.86. The average molecular weight is 506 g/mol. The summed E-state index contributed by atoms with van der Waals surface area (Å²) in [5, 5.41) is 7.52. The van der Waals surface area contributed by atoms with Crippen LogP contribution in [-0.2, 0) is 14.3 Å². The molecule has 1 aliphatic rings. The summed E-state index contributed by atoms with van der Waals surface area (Å²) in [5.41, 5.74) is 3.35. The third-order valence-electron chi connectivity index (χ3n) is 6.33. The minimum Gasteiger partial charge on any atom is -0.376 e. The van der Waals surface area contributed by atoms with Crippen LogP contribution in [-0.4, -0.2) is 43.5 Å². The standard InChI is InChI=1S/C28H31N3O4S/c1-19-12-13-22(16-20(19)2)31(25(32)18-30-27(33)24-11-7-15-36-24)26(21-8-4-3-5-9-21)28(34)29-17-23-10-6-14-35-23/h3-5,7-9,11-13,15-16,23,26H,6,10,14,17-18H2,1-2H3,(H,29,34)(H,30,33)/t23-,26+/m1/s1. The summed E-state index contributed by atoms with van der Waals surface area (Å²) in [6.45, 7) is 4.79. The highest BCUT2D eigenvalue weighted by molar-refractivity contribution is 7.12. The highest BCUT2D eigenvalue weighted by atomic mass is 32.1. The van der Waals surface area contributed by atoms with E-state index < -0.39 is 6.04 Å². The second kappa shape index (κ2) is 12.0. The largest absolute Gasteiger partial charge is 0.376 e. The summed E-state index contributed by atoms with van der Waals surface area (Å²) in [6, 6.07) is 17.5. The lowest BCUT2D eigenvalue weighted by Gasteiger charge is -2.32. The second-order valence-electron chi connectivity index (χ2n) is 8.89. The first-order valence-corrected chi connectivity index (χ1v) is 13.0. The molecule has 0 unspecified atom stereocenters. The van der Waals surface area contributed by atoms with E-state index in [1.54, 1.807) is 12.1 Å². The van der Waals surface area contributed by atoms with Crippen LogP contribution < -0.4 is 15.5 Å². The third-order valence-corrected chi connectivity index (χ3v) is 7.20. The fraction of sp³-hybridized carbons (Fsp3) is 0.321. The van der Waals surface area contributed by atoms with Gasteiger partial charge in [-0.15, -0.1) is 11.3 Å². The number of nitrogens with one attached hydrogen (secondary N) is 2. The van der Waals surface area contributed by atoms with Gasteiger partial charge in [0.05, 0.1) is 17.5 Å². The van der Waals surface area contributed by atoms with E-state index in [4.69, 9.17) is 4.74 Å². The monoisotopic (exact) mass is 505 g/mol. The molecule has 3 aromatic rings. The van der Waals surface area contributed by atoms with E-state index in [-0.39, 0.29) is 30.4 Å². The number of carbonyl (C=O) groups excluding carboxylic acids is 3. The average Bonchev–Trinajstić information content (AvgIpc) is 3.61. The summed E-state index contributed by atoms with van der Waals surface area (Å²) in [6.07, 6.45) is 1.84. The van der Waals surface area contributed by atoms with Crippen LogP contribution in [0.1, 0.15) is 45.2 Å². The molecular weight excluding hydrogens is 474 g/mol. The molecule has 0 saturated carbocycles. The molecule has 0 radical (unpaired) electrons. The Kier molecular flexibility index (Phi) is 8.51. The van der Waals surface area contributed by atoms with Crippen molar-refractivity contribution in [3.8, 4) is 0 Å². The van der Waals surface area contributed by atoms with Crippen LogP contribution in [0, 0.1) is 13.8 Å². The number of amides is 3. The topological polar surface area (TPSA) is 87.7 Å². The second-order valence-corrected chi connectivity index (χ2v) is 9.83. The highest BCUT2D eigenvalue weighted by Gasteiger charge is 2.33. The van der Waals surface area contributed by atoms with E-state index in [1.807, 2.05) is 67.8 Å². The van der Waals surface area contributed by atoms with Crippen molar-refractivity contribution in [2.24, 2.45) is 0 Å². The zero-order chi connectivity index (χ0) is 25.5. The minimum absolute atomic E-state index is 0.0266. The zero-order valence-electron chi connectivity index (χ0n) is 20.5. The van der Waals surface area contributed by atoms with Crippen molar-refractivity contribution in [1.29, 1.82) is 0 Å². The molecule has 2 heterocycles. The minimum atomic E-state index is -0.916. The first-order chi connectivity index (χ1) is 17.4. The number of hydrogen-bond donors (Lipinski definition) is 2. The number of ether oxygens (including phenoxy) is 1. The molecule has 2 N–H and O–H groups in total. The van der Waals surface area contributed by atoms with Gasteiger partial charge in [-0.2, -0.15) is 0 Å². The molecule has 1 fully saturated rings. The summed E-state index contributed by atoms with van der Waals surface area (Å²) in [4.78, 5) is 41.9. The van der Waals surface area contributed by atoms with Crippen LogP contribution in [0.4, 0.5) is 5.69 Å². The molecule has 2 atom stereocenters. The Hall–Kier alpha value is -3.49. The molecule has 8 heteroatoms. The quantitative estimate of drug-likeness (QED) is 0.457. The van der Waals surface area contributed by atoms with E-state index in [0.717, 1.165) is 24.0 Å². The molecule has 0 aliphatic carbocycles. The first-order valence-electron chi connectivity index (χ1n) is 12.1. The van der Waals surface area contributed by atoms with Crippen molar-refractivity contribution in [2.75, 3.05) is 24.6 Å². The van der Waals surface area contributed by atoms with Gasteiger partial charge in [-0.3, -0.25) is 19.3 Å². The number of rotatable bonds is 9. The SMILES string of the molecule is Cc1ccc(N(C(=O)CNC(=O)c2cccs2)[C@H](C(=O)NC[C@H]2CCCO2)c2ccccc2)cc1C. The van der Waals surface area contributed by atoms with Crippen molar-refractivity contribution in [2.45, 2.75) is 38.8 Å². The number of nitrogens with zero attached hydrogens (tertiary/aromatic N) is 1. The predicted octanol–water partition coefficient (Wildman–Crippen LogP) is 4.16. The molecule has 1 aliphatic heterocycles. The van der Waals surface area contributed by atoms with E-state index in [0.29, 0.717) is 29.3 Å². The van der Waals surface area contributed by atoms with E-state index in [2.05, 4.69) is 10.6 Å². The molecule has 0 spiro atoms. The number of hydrogen-bond acceptors (Lipinski definition) is 5. The van der Waals surface area contributed by atoms with Crippen LogP contribution in [0.2, 0.25) is 0 Å². The van der Waals surface area contributed by atoms with Gasteiger partial charge in [-0.1, -0.05) is 42.5 Å². The first kappa shape index (κ1) is 25.6. The van der Waals surface area contributed by atoms with E-state index >= 15 is 0 Å². The van der Waals surface area contributed by atoms with Gasteiger partial charge in [0.25, 0.3) is 5.91 Å². The molecular formula is C28H31N3O4S. The van der Waals surface area contributed by atoms with Gasteiger partial charge in [0.1, 0.15) is 6.04 Å². The molecule has 188 valence electrons. The van der Waals surface area contributed by atoms with E-state index in [9.17, 15) is 14.4 Å². The van der Waals surface area contributed by atoms with Gasteiger partial charge in [-0.25, -0.2) is 0 Å². The fourth-order valence-electron chi connectivity index (χ4n) is 4.22. The van der Waals surface area contributed by atoms with Gasteiger partial charge in [0.15, 0.2) is 0 Å². The lowest BCUT2D eigenvalue weighted by Crippen LogP contribution is -2.48. The zero-order valence-corrected chi connectivity index (χ0v) is 21.3. The predicted molar refractivity (Wildman–Crippen MR) is 141 cm³/mol. The maximum absolute atomic E-state index is 13.7. The summed E-state index contributed by atoms with van der Waals surface area (Å²) >= 11 is 1.30. The van der Waals surface area contributed by atoms with Crippen molar-refractivity contribution in [3.63, 3.8) is 0 Å². The van der Waals surface area contributed by atoms with E-state index in [1.165, 1.54) is 16.2 Å². The van der Waals surface area contributed by atoms with Crippen molar-refractivity contribution < 1.29 is 19.1 Å². The molecule has 2 aromatic carbocycles. The van der Waals surface area contributed by atoms with Crippen LogP contribution in [0.3, 0.4) is 0 Å². The Morgan fingerprint density at radius 1 is 1.03 bits per heavy atom. The summed E-state index contributed by atoms with van der Waals surface area (Å²) in [7, 11) is 0. The van der Waals surface area contributed by atoms with Crippen LogP contribution in [0.15, 0.2) is 66.0 Å². The van der Waals surface area contributed by atoms with Crippen LogP contribution in [0.25, 0.3) is 0 Å². The summed E-state index contributed by atoms with van der Waals surface area (Å²) < 4.78 is 5.67. The lowest BCUT2D eigenvalue weighted by molar-refractivity contribution is -0.126. The number of aryl methyl sites for hydroxylation is 2. The smallest absolute Gasteiger partial charge is 0.261 e. The van der Waals surface area contributed by atoms with Gasteiger partial charge in [0, 0.05) is 18.8 Å². The Balaban J connectivity index is 1.65. The molecule has 4 rings (SSSR count). The number of anilines is 1. The van der Waals surface area contributed by atoms with Crippen molar-refractivity contribution in [3.05, 3.63) is 87.6 Å². The van der Waals surface area contributed by atoms with Crippen molar-refractivity contribution in [1.82, 2.24) is 10.6 Å². The molecule has 1 aromatic heterocycles. The van der Waals surface area contributed by atoms with Crippen molar-refractivity contribution >= 4 is 34.7 Å². The van der Waals surface area contributed by atoms with Gasteiger partial charge in [0.2, 0.25) is 11.8 Å². The van der Waals surface area contributed by atoms with Gasteiger partial charge in [-0.05, 0) is 67.0 Å². The lowest BCUT2D eigenvalue weighted by atomic mass is 10.0.